The molecule has 0 saturated carbocycles. The molecule has 0 aliphatic carbocycles. The highest BCUT2D eigenvalue weighted by molar-refractivity contribution is 6.01. The lowest BCUT2D eigenvalue weighted by molar-refractivity contribution is -0.123. The summed E-state index contributed by atoms with van der Waals surface area (Å²) in [5, 5.41) is 6.77. The summed E-state index contributed by atoms with van der Waals surface area (Å²) < 4.78 is 1.62. The predicted molar refractivity (Wildman–Crippen MR) is 89.7 cm³/mol. The molecule has 1 N–H and O–H groups in total. The van der Waals surface area contributed by atoms with Crippen LogP contribution in [0.1, 0.15) is 13.8 Å². The van der Waals surface area contributed by atoms with Gasteiger partial charge in [-0.15, -0.1) is 5.10 Å². The second kappa shape index (κ2) is 6.69. The summed E-state index contributed by atoms with van der Waals surface area (Å²) in [6.07, 6.45) is 1.55. The average molecular weight is 328 g/mol. The first-order chi connectivity index (χ1) is 11.6. The third-order valence-corrected chi connectivity index (χ3v) is 4.06. The smallest absolute Gasteiger partial charge is 0.311 e. The molecule has 1 atom stereocenters. The molecule has 2 aromatic rings. The SMILES string of the molecule is CCn1cnc(NC(=O)N2CCN(c3ccccc3)C(=O)[C@@H]2C)n1. The molecule has 8 nitrogen and oxygen atoms in total. The molecule has 24 heavy (non-hydrogen) atoms. The van der Waals surface area contributed by atoms with Crippen molar-refractivity contribution in [3.8, 4) is 0 Å². The standard InChI is InChI=1S/C16H20N6O2/c1-3-20-11-17-15(19-20)18-16(24)21-9-10-22(14(23)12(21)2)13-7-5-4-6-8-13/h4-8,11-12H,3,9-10H2,1-2H3,(H,18,19,24)/t12-/m0/s1. The maximum Gasteiger partial charge on any atom is 0.325 e. The molecular formula is C16H20N6O2. The Morgan fingerprint density at radius 1 is 1.29 bits per heavy atom. The lowest BCUT2D eigenvalue weighted by atomic mass is 10.1. The first-order valence-electron chi connectivity index (χ1n) is 7.93. The molecule has 8 heteroatoms. The summed E-state index contributed by atoms with van der Waals surface area (Å²) in [5.74, 6) is 0.140. The number of nitrogens with zero attached hydrogens (tertiary/aromatic N) is 5. The highest BCUT2D eigenvalue weighted by atomic mass is 16.2. The number of urea groups is 1. The Morgan fingerprint density at radius 2 is 2.04 bits per heavy atom. The topological polar surface area (TPSA) is 83.4 Å². The Hall–Kier alpha value is -2.90. The second-order valence-corrected chi connectivity index (χ2v) is 5.55. The van der Waals surface area contributed by atoms with Gasteiger partial charge >= 0.3 is 6.03 Å². The minimum absolute atomic E-state index is 0.102. The molecule has 1 saturated heterocycles. The number of hydrogen-bond acceptors (Lipinski definition) is 4. The third-order valence-electron chi connectivity index (χ3n) is 4.06. The minimum Gasteiger partial charge on any atom is -0.311 e. The van der Waals surface area contributed by atoms with Gasteiger partial charge in [0, 0.05) is 25.3 Å². The molecule has 1 aliphatic rings. The average Bonchev–Trinajstić information content (AvgIpc) is 3.05. The first kappa shape index (κ1) is 16.0. The van der Waals surface area contributed by atoms with E-state index in [4.69, 9.17) is 0 Å². The molecule has 2 heterocycles. The van der Waals surface area contributed by atoms with Crippen molar-refractivity contribution >= 4 is 23.6 Å². The Kier molecular flexibility index (Phi) is 4.45. The zero-order valence-electron chi connectivity index (χ0n) is 13.7. The van der Waals surface area contributed by atoms with Gasteiger partial charge in [-0.05, 0) is 26.0 Å². The number of amides is 3. The number of anilines is 2. The molecular weight excluding hydrogens is 308 g/mol. The Morgan fingerprint density at radius 3 is 2.71 bits per heavy atom. The van der Waals surface area contributed by atoms with Crippen molar-refractivity contribution in [2.24, 2.45) is 0 Å². The van der Waals surface area contributed by atoms with E-state index in [0.717, 1.165) is 5.69 Å². The van der Waals surface area contributed by atoms with Crippen LogP contribution in [-0.2, 0) is 11.3 Å². The normalized spacial score (nSPS) is 17.9. The molecule has 3 rings (SSSR count). The number of piperazine rings is 1. The molecule has 1 aromatic carbocycles. The highest BCUT2D eigenvalue weighted by Crippen LogP contribution is 2.20. The fourth-order valence-electron chi connectivity index (χ4n) is 2.68. The van der Waals surface area contributed by atoms with E-state index in [1.165, 1.54) is 4.90 Å². The molecule has 1 aliphatic heterocycles. The Labute approximate surface area is 140 Å². The van der Waals surface area contributed by atoms with Crippen molar-refractivity contribution in [2.75, 3.05) is 23.3 Å². The van der Waals surface area contributed by atoms with Gasteiger partial charge in [0.05, 0.1) is 0 Å². The van der Waals surface area contributed by atoms with Crippen molar-refractivity contribution in [1.82, 2.24) is 19.7 Å². The third kappa shape index (κ3) is 3.08. The van der Waals surface area contributed by atoms with Crippen LogP contribution in [0.5, 0.6) is 0 Å². The number of benzene rings is 1. The number of para-hydroxylation sites is 1. The van der Waals surface area contributed by atoms with Gasteiger partial charge in [-0.2, -0.15) is 0 Å². The van der Waals surface area contributed by atoms with Gasteiger partial charge in [-0.1, -0.05) is 18.2 Å². The predicted octanol–water partition coefficient (Wildman–Crippen LogP) is 1.57. The van der Waals surface area contributed by atoms with Crippen LogP contribution in [0.2, 0.25) is 0 Å². The number of hydrogen-bond donors (Lipinski definition) is 1. The lowest BCUT2D eigenvalue weighted by Gasteiger charge is -2.38. The van der Waals surface area contributed by atoms with Gasteiger partial charge in [-0.25, -0.2) is 9.78 Å². The Balaban J connectivity index is 1.68. The van der Waals surface area contributed by atoms with Gasteiger partial charge in [0.1, 0.15) is 12.4 Å². The van der Waals surface area contributed by atoms with E-state index in [-0.39, 0.29) is 17.9 Å². The van der Waals surface area contributed by atoms with E-state index < -0.39 is 6.04 Å². The number of rotatable bonds is 3. The summed E-state index contributed by atoms with van der Waals surface area (Å²) in [6, 6.07) is 8.56. The zero-order chi connectivity index (χ0) is 17.1. The van der Waals surface area contributed by atoms with Gasteiger partial charge < -0.3 is 9.80 Å². The van der Waals surface area contributed by atoms with E-state index in [0.29, 0.717) is 19.6 Å². The van der Waals surface area contributed by atoms with Crippen LogP contribution in [0.4, 0.5) is 16.4 Å². The molecule has 1 aromatic heterocycles. The molecule has 0 unspecified atom stereocenters. The van der Waals surface area contributed by atoms with Crippen molar-refractivity contribution in [1.29, 1.82) is 0 Å². The summed E-state index contributed by atoms with van der Waals surface area (Å²) in [7, 11) is 0. The van der Waals surface area contributed by atoms with Crippen LogP contribution in [0.3, 0.4) is 0 Å². The number of nitrogens with one attached hydrogen (secondary N) is 1. The van der Waals surface area contributed by atoms with Crippen LogP contribution in [0.15, 0.2) is 36.7 Å². The van der Waals surface area contributed by atoms with Gasteiger partial charge in [0.15, 0.2) is 0 Å². The zero-order valence-corrected chi connectivity index (χ0v) is 13.7. The fraction of sp³-hybridized carbons (Fsp3) is 0.375. The summed E-state index contributed by atoms with van der Waals surface area (Å²) in [5.41, 5.74) is 0.845. The van der Waals surface area contributed by atoms with Crippen LogP contribution in [0.25, 0.3) is 0 Å². The van der Waals surface area contributed by atoms with E-state index in [1.807, 2.05) is 37.3 Å². The fourth-order valence-corrected chi connectivity index (χ4v) is 2.68. The van der Waals surface area contributed by atoms with Crippen LogP contribution >= 0.6 is 0 Å². The van der Waals surface area contributed by atoms with Gasteiger partial charge in [-0.3, -0.25) is 14.8 Å². The lowest BCUT2D eigenvalue weighted by Crippen LogP contribution is -2.58. The summed E-state index contributed by atoms with van der Waals surface area (Å²) in [4.78, 5) is 32.3. The minimum atomic E-state index is -0.549. The quantitative estimate of drug-likeness (QED) is 0.927. The molecule has 126 valence electrons. The van der Waals surface area contributed by atoms with Gasteiger partial charge in [0.2, 0.25) is 11.9 Å². The van der Waals surface area contributed by atoms with Crippen molar-refractivity contribution < 1.29 is 9.59 Å². The van der Waals surface area contributed by atoms with Crippen molar-refractivity contribution in [3.05, 3.63) is 36.7 Å². The number of aromatic nitrogens is 3. The summed E-state index contributed by atoms with van der Waals surface area (Å²) in [6.45, 7) is 5.24. The van der Waals surface area contributed by atoms with Gasteiger partial charge in [0.25, 0.3) is 0 Å². The molecule has 0 radical (unpaired) electrons. The van der Waals surface area contributed by atoms with Crippen LogP contribution in [-0.4, -0.2) is 50.7 Å². The molecule has 0 bridgehead atoms. The van der Waals surface area contributed by atoms with E-state index in [9.17, 15) is 9.59 Å². The van der Waals surface area contributed by atoms with E-state index in [2.05, 4.69) is 15.4 Å². The monoisotopic (exact) mass is 328 g/mol. The van der Waals surface area contributed by atoms with Crippen LogP contribution < -0.4 is 10.2 Å². The molecule has 3 amide bonds. The molecule has 0 spiro atoms. The number of carbonyl (C=O) groups is 2. The largest absolute Gasteiger partial charge is 0.325 e. The number of carbonyl (C=O) groups excluding carboxylic acids is 2. The Bertz CT molecular complexity index is 729. The van der Waals surface area contributed by atoms with Crippen molar-refractivity contribution in [3.63, 3.8) is 0 Å². The van der Waals surface area contributed by atoms with E-state index in [1.54, 1.807) is 22.8 Å². The maximum absolute atomic E-state index is 12.6. The van der Waals surface area contributed by atoms with E-state index >= 15 is 0 Å². The van der Waals surface area contributed by atoms with Crippen molar-refractivity contribution in [2.45, 2.75) is 26.4 Å². The molecule has 1 fully saturated rings. The summed E-state index contributed by atoms with van der Waals surface area (Å²) >= 11 is 0. The number of aryl methyl sites for hydroxylation is 1. The first-order valence-corrected chi connectivity index (χ1v) is 7.93. The second-order valence-electron chi connectivity index (χ2n) is 5.55. The highest BCUT2D eigenvalue weighted by Gasteiger charge is 2.35. The maximum atomic E-state index is 12.6. The van der Waals surface area contributed by atoms with Crippen LogP contribution in [0, 0.1) is 0 Å².